The van der Waals surface area contributed by atoms with Crippen molar-refractivity contribution in [2.24, 2.45) is 52.3 Å². The van der Waals surface area contributed by atoms with E-state index in [9.17, 15) is 9.90 Å². The summed E-state index contributed by atoms with van der Waals surface area (Å²) in [5.74, 6) is 4.41. The van der Waals surface area contributed by atoms with E-state index in [0.29, 0.717) is 5.41 Å². The van der Waals surface area contributed by atoms with Gasteiger partial charge in [-0.3, -0.25) is 4.79 Å². The highest BCUT2D eigenvalue weighted by Crippen LogP contribution is 2.67. The molecule has 4 aliphatic rings. The number of carbonyl (C=O) groups is 1. The lowest BCUT2D eigenvalue weighted by Gasteiger charge is -2.58. The van der Waals surface area contributed by atoms with E-state index in [2.05, 4.69) is 40.7 Å². The molecule has 0 heterocycles. The molecule has 0 bridgehead atoms. The lowest BCUT2D eigenvalue weighted by atomic mass is 9.46. The second-order valence-electron chi connectivity index (χ2n) is 12.6. The number of aliphatic carboxylic acids is 1. The number of carboxylic acid groups (broad SMARTS) is 1. The fraction of sp³-hybridized carbons (Fsp3) is 0.893. The van der Waals surface area contributed by atoms with Crippen LogP contribution in [0.4, 0.5) is 0 Å². The van der Waals surface area contributed by atoms with Crippen LogP contribution in [0.3, 0.4) is 0 Å². The third kappa shape index (κ3) is 3.69. The first-order valence-corrected chi connectivity index (χ1v) is 13.1. The van der Waals surface area contributed by atoms with Crippen molar-refractivity contribution in [1.29, 1.82) is 0 Å². The van der Waals surface area contributed by atoms with E-state index in [-0.39, 0.29) is 11.3 Å². The number of fused-ring (bicyclic) bond motifs is 5. The summed E-state index contributed by atoms with van der Waals surface area (Å²) in [6.07, 6.45) is 16.4. The third-order valence-electron chi connectivity index (χ3n) is 10.7. The second-order valence-corrected chi connectivity index (χ2v) is 12.6. The van der Waals surface area contributed by atoms with E-state index in [1.807, 2.05) is 0 Å². The monoisotopic (exact) mass is 414 g/mol. The normalized spacial score (nSPS) is 44.1. The minimum atomic E-state index is -0.582. The third-order valence-corrected chi connectivity index (χ3v) is 10.7. The minimum Gasteiger partial charge on any atom is -0.481 e. The van der Waals surface area contributed by atoms with Gasteiger partial charge in [-0.15, -0.1) is 0 Å². The van der Waals surface area contributed by atoms with Gasteiger partial charge in [0.25, 0.3) is 0 Å². The van der Waals surface area contributed by atoms with Crippen molar-refractivity contribution < 1.29 is 9.90 Å². The van der Waals surface area contributed by atoms with Crippen LogP contribution in [0.5, 0.6) is 0 Å². The van der Waals surface area contributed by atoms with E-state index >= 15 is 0 Å². The second kappa shape index (κ2) is 8.28. The Morgan fingerprint density at radius 3 is 2.53 bits per heavy atom. The van der Waals surface area contributed by atoms with E-state index < -0.39 is 5.97 Å². The Balaban J connectivity index is 1.49. The van der Waals surface area contributed by atoms with Crippen molar-refractivity contribution in [2.75, 3.05) is 0 Å². The lowest BCUT2D eigenvalue weighted by molar-refractivity contribution is -0.143. The molecule has 0 aromatic rings. The molecule has 3 fully saturated rings. The maximum Gasteiger partial charge on any atom is 0.306 e. The molecule has 0 radical (unpaired) electrons. The molecule has 0 unspecified atom stereocenters. The first-order valence-electron chi connectivity index (χ1n) is 13.1. The number of rotatable bonds is 6. The molecule has 8 atom stereocenters. The highest BCUT2D eigenvalue weighted by Gasteiger charge is 2.59. The Morgan fingerprint density at radius 1 is 1.07 bits per heavy atom. The quantitative estimate of drug-likeness (QED) is 0.451. The van der Waals surface area contributed by atoms with Crippen molar-refractivity contribution in [2.45, 2.75) is 105 Å². The molecule has 3 saturated carbocycles. The molecule has 0 spiro atoms. The Morgan fingerprint density at radius 2 is 1.83 bits per heavy atom. The topological polar surface area (TPSA) is 37.3 Å². The number of hydrogen-bond acceptors (Lipinski definition) is 1. The zero-order chi connectivity index (χ0) is 21.7. The Bertz CT molecular complexity index is 678. The van der Waals surface area contributed by atoms with Gasteiger partial charge in [0.2, 0.25) is 0 Å². The highest BCUT2D eigenvalue weighted by molar-refractivity contribution is 5.70. The first-order chi connectivity index (χ1) is 14.2. The Kier molecular flexibility index (Phi) is 6.19. The predicted molar refractivity (Wildman–Crippen MR) is 124 cm³/mol. The van der Waals surface area contributed by atoms with Crippen molar-refractivity contribution in [3.8, 4) is 0 Å². The van der Waals surface area contributed by atoms with E-state index in [4.69, 9.17) is 0 Å². The number of carboxylic acids is 1. The van der Waals surface area contributed by atoms with Crippen molar-refractivity contribution in [3.05, 3.63) is 11.6 Å². The largest absolute Gasteiger partial charge is 0.481 e. The minimum absolute atomic E-state index is 0.141. The molecular formula is C28H46O2. The SMILES string of the molecule is CC(C)CCC[C@@H](C)[C@@H]1CC[C@@H]2[C@H]3CC=C4C[C@@H](C(=O)O)CC[C@]4(C)[C@@H]3CC[C@@]21C. The van der Waals surface area contributed by atoms with Crippen LogP contribution in [0.2, 0.25) is 0 Å². The Labute approximate surface area is 185 Å². The maximum atomic E-state index is 11.6. The summed E-state index contributed by atoms with van der Waals surface area (Å²) in [6, 6.07) is 0. The van der Waals surface area contributed by atoms with Gasteiger partial charge in [0.15, 0.2) is 0 Å². The molecule has 30 heavy (non-hydrogen) atoms. The van der Waals surface area contributed by atoms with Gasteiger partial charge in [-0.2, -0.15) is 0 Å². The number of hydrogen-bond donors (Lipinski definition) is 1. The van der Waals surface area contributed by atoms with Crippen LogP contribution in [-0.4, -0.2) is 11.1 Å². The molecule has 0 aromatic carbocycles. The van der Waals surface area contributed by atoms with Crippen LogP contribution in [0.1, 0.15) is 105 Å². The first kappa shape index (κ1) is 22.4. The van der Waals surface area contributed by atoms with E-state index in [1.165, 1.54) is 56.9 Å². The summed E-state index contributed by atoms with van der Waals surface area (Å²) in [6.45, 7) is 12.4. The smallest absolute Gasteiger partial charge is 0.306 e. The molecule has 0 saturated heterocycles. The van der Waals surface area contributed by atoms with Crippen LogP contribution in [0.15, 0.2) is 11.6 Å². The van der Waals surface area contributed by atoms with E-state index in [0.717, 1.165) is 54.8 Å². The fourth-order valence-electron chi connectivity index (χ4n) is 8.90. The molecule has 0 amide bonds. The molecule has 0 aromatic heterocycles. The molecule has 2 nitrogen and oxygen atoms in total. The Hall–Kier alpha value is -0.790. The van der Waals surface area contributed by atoms with Crippen molar-refractivity contribution in [3.63, 3.8) is 0 Å². The van der Waals surface area contributed by atoms with Gasteiger partial charge in [-0.1, -0.05) is 65.5 Å². The summed E-state index contributed by atoms with van der Waals surface area (Å²) >= 11 is 0. The maximum absolute atomic E-state index is 11.6. The van der Waals surface area contributed by atoms with Crippen LogP contribution >= 0.6 is 0 Å². The van der Waals surface area contributed by atoms with Crippen LogP contribution < -0.4 is 0 Å². The van der Waals surface area contributed by atoms with Gasteiger partial charge >= 0.3 is 5.97 Å². The van der Waals surface area contributed by atoms with Gasteiger partial charge in [0.1, 0.15) is 0 Å². The predicted octanol–water partition coefficient (Wildman–Crippen LogP) is 7.73. The van der Waals surface area contributed by atoms with Crippen LogP contribution in [-0.2, 0) is 4.79 Å². The lowest BCUT2D eigenvalue weighted by Crippen LogP contribution is -2.50. The zero-order valence-corrected chi connectivity index (χ0v) is 20.3. The standard InChI is InChI=1S/C28H46O2/c1-18(2)7-6-8-19(3)23-11-12-24-22-10-9-21-17-20(26(29)30)13-15-27(21,4)25(22)14-16-28(23,24)5/h9,18-20,22-25H,6-8,10-17H2,1-5H3,(H,29,30)/t19-,20+,22-,23+,24-,25-,27+,28-/m1/s1. The van der Waals surface area contributed by atoms with Crippen LogP contribution in [0, 0.1) is 52.3 Å². The van der Waals surface area contributed by atoms with E-state index in [1.54, 1.807) is 0 Å². The summed E-state index contributed by atoms with van der Waals surface area (Å²) in [5, 5.41) is 9.55. The molecule has 4 rings (SSSR count). The van der Waals surface area contributed by atoms with Gasteiger partial charge < -0.3 is 5.11 Å². The summed E-state index contributed by atoms with van der Waals surface area (Å²) < 4.78 is 0. The average molecular weight is 415 g/mol. The molecule has 1 N–H and O–H groups in total. The number of allylic oxidation sites excluding steroid dienone is 2. The molecule has 2 heteroatoms. The molecule has 170 valence electrons. The summed E-state index contributed by atoms with van der Waals surface area (Å²) in [7, 11) is 0. The molecule has 0 aliphatic heterocycles. The fourth-order valence-corrected chi connectivity index (χ4v) is 8.90. The van der Waals surface area contributed by atoms with Gasteiger partial charge in [-0.05, 0) is 97.7 Å². The van der Waals surface area contributed by atoms with Gasteiger partial charge in [0, 0.05) is 0 Å². The molecular weight excluding hydrogens is 368 g/mol. The van der Waals surface area contributed by atoms with Crippen molar-refractivity contribution >= 4 is 5.97 Å². The highest BCUT2D eigenvalue weighted by atomic mass is 16.4. The summed E-state index contributed by atoms with van der Waals surface area (Å²) in [5.41, 5.74) is 2.32. The van der Waals surface area contributed by atoms with Gasteiger partial charge in [-0.25, -0.2) is 0 Å². The van der Waals surface area contributed by atoms with Crippen molar-refractivity contribution in [1.82, 2.24) is 0 Å². The average Bonchev–Trinajstić information content (AvgIpc) is 3.04. The zero-order valence-electron chi connectivity index (χ0n) is 20.3. The molecule has 4 aliphatic carbocycles. The van der Waals surface area contributed by atoms with Crippen LogP contribution in [0.25, 0.3) is 0 Å². The van der Waals surface area contributed by atoms with Gasteiger partial charge in [0.05, 0.1) is 5.92 Å². The summed E-state index contributed by atoms with van der Waals surface area (Å²) in [4.78, 5) is 11.6.